The maximum atomic E-state index is 12.4. The lowest BCUT2D eigenvalue weighted by Gasteiger charge is -2.22. The van der Waals surface area contributed by atoms with Gasteiger partial charge in [0.15, 0.2) is 5.82 Å². The Labute approximate surface area is 169 Å². The highest BCUT2D eigenvalue weighted by atomic mass is 16.1. The monoisotopic (exact) mass is 390 g/mol. The van der Waals surface area contributed by atoms with Gasteiger partial charge in [0.25, 0.3) is 0 Å². The molecule has 1 aromatic carbocycles. The summed E-state index contributed by atoms with van der Waals surface area (Å²) in [5.41, 5.74) is 12.5. The van der Waals surface area contributed by atoms with Crippen molar-refractivity contribution in [3.05, 3.63) is 41.9 Å². The van der Waals surface area contributed by atoms with Gasteiger partial charge in [0, 0.05) is 23.5 Å². The molecule has 0 saturated carbocycles. The highest BCUT2D eigenvalue weighted by Gasteiger charge is 2.25. The molecule has 1 saturated heterocycles. The van der Waals surface area contributed by atoms with Crippen molar-refractivity contribution >= 4 is 28.4 Å². The standard InChI is InChI=1S/C22H26N6O/c23-22-21-20(25-13-26-22)17-2-1-3-18(17)28(21)16-6-4-15(5-7-16)27-19(29)12-14-8-10-24-11-9-14/h4-7,13-14,24H,1-3,8-12H2,(H,27,29)(H2,23,25,26). The molecule has 150 valence electrons. The van der Waals surface area contributed by atoms with E-state index >= 15 is 0 Å². The second-order valence-corrected chi connectivity index (χ2v) is 8.06. The highest BCUT2D eigenvalue weighted by Crippen LogP contribution is 2.36. The van der Waals surface area contributed by atoms with Crippen molar-refractivity contribution in [3.8, 4) is 5.69 Å². The molecule has 7 heteroatoms. The third-order valence-corrected chi connectivity index (χ3v) is 6.16. The Morgan fingerprint density at radius 1 is 1.17 bits per heavy atom. The predicted molar refractivity (Wildman–Crippen MR) is 114 cm³/mol. The second-order valence-electron chi connectivity index (χ2n) is 8.06. The molecule has 29 heavy (non-hydrogen) atoms. The predicted octanol–water partition coefficient (Wildman–Crippen LogP) is 2.82. The summed E-state index contributed by atoms with van der Waals surface area (Å²) in [6, 6.07) is 7.99. The lowest BCUT2D eigenvalue weighted by Crippen LogP contribution is -2.30. The van der Waals surface area contributed by atoms with E-state index in [2.05, 4.69) is 25.2 Å². The summed E-state index contributed by atoms with van der Waals surface area (Å²) in [5.74, 6) is 1.07. The van der Waals surface area contributed by atoms with E-state index in [1.165, 1.54) is 11.3 Å². The topological polar surface area (TPSA) is 97.9 Å². The molecule has 0 bridgehead atoms. The fourth-order valence-corrected chi connectivity index (χ4v) is 4.74. The van der Waals surface area contributed by atoms with Gasteiger partial charge < -0.3 is 20.9 Å². The zero-order valence-corrected chi connectivity index (χ0v) is 16.4. The molecule has 1 aliphatic heterocycles. The lowest BCUT2D eigenvalue weighted by atomic mass is 9.94. The number of nitrogens with two attached hydrogens (primary N) is 1. The van der Waals surface area contributed by atoms with Crippen molar-refractivity contribution < 1.29 is 4.79 Å². The van der Waals surface area contributed by atoms with Crippen LogP contribution in [-0.2, 0) is 17.6 Å². The van der Waals surface area contributed by atoms with Gasteiger partial charge in [-0.3, -0.25) is 4.79 Å². The number of aryl methyl sites for hydroxylation is 1. The first-order valence-corrected chi connectivity index (χ1v) is 10.4. The van der Waals surface area contributed by atoms with Gasteiger partial charge in [-0.25, -0.2) is 9.97 Å². The molecule has 0 unspecified atom stereocenters. The number of aromatic nitrogens is 3. The maximum absolute atomic E-state index is 12.4. The number of nitrogens with zero attached hydrogens (tertiary/aromatic N) is 3. The minimum atomic E-state index is 0.0922. The number of carbonyl (C=O) groups is 1. The van der Waals surface area contributed by atoms with Crippen LogP contribution in [-0.4, -0.2) is 33.5 Å². The minimum Gasteiger partial charge on any atom is -0.382 e. The van der Waals surface area contributed by atoms with Crippen molar-refractivity contribution in [1.29, 1.82) is 0 Å². The van der Waals surface area contributed by atoms with E-state index in [1.54, 1.807) is 6.33 Å². The van der Waals surface area contributed by atoms with Crippen LogP contribution in [0.3, 0.4) is 0 Å². The van der Waals surface area contributed by atoms with E-state index < -0.39 is 0 Å². The molecular weight excluding hydrogens is 364 g/mol. The van der Waals surface area contributed by atoms with Crippen molar-refractivity contribution in [2.75, 3.05) is 24.1 Å². The fraction of sp³-hybridized carbons (Fsp3) is 0.409. The number of nitrogen functional groups attached to an aromatic ring is 1. The van der Waals surface area contributed by atoms with Crippen LogP contribution in [0.4, 0.5) is 11.5 Å². The molecular formula is C22H26N6O. The van der Waals surface area contributed by atoms with Gasteiger partial charge in [0.2, 0.25) is 5.91 Å². The Morgan fingerprint density at radius 2 is 1.97 bits per heavy atom. The van der Waals surface area contributed by atoms with Crippen molar-refractivity contribution in [2.24, 2.45) is 5.92 Å². The number of fused-ring (bicyclic) bond motifs is 3. The molecule has 0 radical (unpaired) electrons. The normalized spacial score (nSPS) is 16.8. The van der Waals surface area contributed by atoms with Gasteiger partial charge >= 0.3 is 0 Å². The van der Waals surface area contributed by atoms with E-state index in [-0.39, 0.29) is 5.91 Å². The van der Waals surface area contributed by atoms with Gasteiger partial charge in [0.1, 0.15) is 11.8 Å². The van der Waals surface area contributed by atoms with E-state index in [9.17, 15) is 4.79 Å². The molecule has 0 atom stereocenters. The van der Waals surface area contributed by atoms with E-state index in [1.807, 2.05) is 24.3 Å². The van der Waals surface area contributed by atoms with E-state index in [4.69, 9.17) is 5.73 Å². The van der Waals surface area contributed by atoms with Gasteiger partial charge in [-0.1, -0.05) is 0 Å². The van der Waals surface area contributed by atoms with E-state index in [0.29, 0.717) is 18.2 Å². The number of amides is 1. The molecule has 0 spiro atoms. The molecule has 2 aliphatic rings. The minimum absolute atomic E-state index is 0.0922. The van der Waals surface area contributed by atoms with Crippen molar-refractivity contribution in [1.82, 2.24) is 19.9 Å². The Morgan fingerprint density at radius 3 is 2.76 bits per heavy atom. The Bertz CT molecular complexity index is 1050. The van der Waals surface area contributed by atoms with Crippen LogP contribution in [0.5, 0.6) is 0 Å². The van der Waals surface area contributed by atoms with Crippen molar-refractivity contribution in [2.45, 2.75) is 38.5 Å². The third kappa shape index (κ3) is 3.35. The van der Waals surface area contributed by atoms with Crippen molar-refractivity contribution in [3.63, 3.8) is 0 Å². The summed E-state index contributed by atoms with van der Waals surface area (Å²) in [4.78, 5) is 21.1. The molecule has 3 heterocycles. The molecule has 1 fully saturated rings. The number of benzene rings is 1. The Balaban J connectivity index is 1.39. The molecule has 1 aliphatic carbocycles. The first kappa shape index (κ1) is 18.1. The van der Waals surface area contributed by atoms with Gasteiger partial charge in [0.05, 0.1) is 5.52 Å². The summed E-state index contributed by atoms with van der Waals surface area (Å²) in [5, 5.41) is 6.38. The third-order valence-electron chi connectivity index (χ3n) is 6.16. The van der Waals surface area contributed by atoms with Gasteiger partial charge in [-0.15, -0.1) is 0 Å². The summed E-state index contributed by atoms with van der Waals surface area (Å²) in [6.07, 6.45) is 7.45. The molecule has 5 rings (SSSR count). The lowest BCUT2D eigenvalue weighted by molar-refractivity contribution is -0.117. The fourth-order valence-electron chi connectivity index (χ4n) is 4.74. The van der Waals surface area contributed by atoms with Crippen LogP contribution >= 0.6 is 0 Å². The number of hydrogen-bond acceptors (Lipinski definition) is 5. The number of piperidine rings is 1. The van der Waals surface area contributed by atoms with Gasteiger partial charge in [-0.05, 0) is 80.9 Å². The van der Waals surface area contributed by atoms with Crippen LogP contribution < -0.4 is 16.4 Å². The summed E-state index contributed by atoms with van der Waals surface area (Å²) in [7, 11) is 0. The summed E-state index contributed by atoms with van der Waals surface area (Å²) < 4.78 is 2.19. The molecule has 2 aromatic heterocycles. The smallest absolute Gasteiger partial charge is 0.224 e. The van der Waals surface area contributed by atoms with Crippen LogP contribution in [0, 0.1) is 5.92 Å². The SMILES string of the molecule is Nc1ncnc2c3c(n(-c4ccc(NC(=O)CC5CCNCC5)cc4)c12)CCC3. The number of carbonyl (C=O) groups excluding carboxylic acids is 1. The molecule has 3 aromatic rings. The van der Waals surface area contributed by atoms with E-state index in [0.717, 1.165) is 67.6 Å². The first-order valence-electron chi connectivity index (χ1n) is 10.4. The second kappa shape index (κ2) is 7.48. The highest BCUT2D eigenvalue weighted by molar-refractivity contribution is 5.92. The molecule has 1 amide bonds. The first-order chi connectivity index (χ1) is 14.2. The zero-order chi connectivity index (χ0) is 19.8. The van der Waals surface area contributed by atoms with Crippen LogP contribution in [0.15, 0.2) is 30.6 Å². The number of nitrogens with one attached hydrogen (secondary N) is 2. The largest absolute Gasteiger partial charge is 0.382 e. The van der Waals surface area contributed by atoms with Crippen LogP contribution in [0.2, 0.25) is 0 Å². The summed E-state index contributed by atoms with van der Waals surface area (Å²) in [6.45, 7) is 2.02. The number of rotatable bonds is 4. The number of hydrogen-bond donors (Lipinski definition) is 3. The molecule has 4 N–H and O–H groups in total. The number of anilines is 2. The quantitative estimate of drug-likeness (QED) is 0.636. The average Bonchev–Trinajstić information content (AvgIpc) is 3.31. The van der Waals surface area contributed by atoms with Gasteiger partial charge in [-0.2, -0.15) is 0 Å². The Hall–Kier alpha value is -2.93. The van der Waals surface area contributed by atoms with Crippen LogP contribution in [0.1, 0.15) is 36.9 Å². The Kier molecular flexibility index (Phi) is 4.67. The molecule has 7 nitrogen and oxygen atoms in total. The van der Waals surface area contributed by atoms with Crippen LogP contribution in [0.25, 0.3) is 16.7 Å². The maximum Gasteiger partial charge on any atom is 0.224 e. The zero-order valence-electron chi connectivity index (χ0n) is 16.4. The average molecular weight is 390 g/mol. The summed E-state index contributed by atoms with van der Waals surface area (Å²) >= 11 is 0.